The minimum atomic E-state index is -0.313. The van der Waals surface area contributed by atoms with Crippen LogP contribution in [0.25, 0.3) is 0 Å². The van der Waals surface area contributed by atoms with E-state index >= 15 is 0 Å². The summed E-state index contributed by atoms with van der Waals surface area (Å²) in [6.07, 6.45) is 0.830. The van der Waals surface area contributed by atoms with Crippen molar-refractivity contribution in [1.29, 1.82) is 0 Å². The molecule has 2 aromatic rings. The van der Waals surface area contributed by atoms with E-state index in [2.05, 4.69) is 54.2 Å². The van der Waals surface area contributed by atoms with Crippen LogP contribution in [0.1, 0.15) is 16.7 Å². The number of anilines is 2. The third-order valence-corrected chi connectivity index (χ3v) is 5.35. The Morgan fingerprint density at radius 1 is 1.04 bits per heavy atom. The first kappa shape index (κ1) is 19.2. The Morgan fingerprint density at radius 3 is 2.44 bits per heavy atom. The van der Waals surface area contributed by atoms with Crippen LogP contribution in [0.3, 0.4) is 0 Å². The number of piperazine rings is 1. The molecule has 1 aliphatic rings. The predicted octanol–water partition coefficient (Wildman–Crippen LogP) is 3.62. The zero-order valence-corrected chi connectivity index (χ0v) is 16.4. The Kier molecular flexibility index (Phi) is 5.96. The number of likely N-dealkylation sites (N-methyl/N-ethyl adjacent to an activating group) is 1. The van der Waals surface area contributed by atoms with Crippen molar-refractivity contribution in [3.8, 4) is 0 Å². The second-order valence-corrected chi connectivity index (χ2v) is 7.34. The highest BCUT2D eigenvalue weighted by Crippen LogP contribution is 2.30. The van der Waals surface area contributed by atoms with E-state index in [1.165, 1.54) is 16.7 Å². The van der Waals surface area contributed by atoms with Crippen LogP contribution in [0.15, 0.2) is 36.4 Å². The second kappa shape index (κ2) is 8.39. The average molecular weight is 368 g/mol. The van der Waals surface area contributed by atoms with Gasteiger partial charge in [0.1, 0.15) is 5.69 Å². The summed E-state index contributed by atoms with van der Waals surface area (Å²) in [6.45, 7) is 8.77. The van der Waals surface area contributed by atoms with Crippen molar-refractivity contribution in [3.63, 3.8) is 0 Å². The van der Waals surface area contributed by atoms with Crippen LogP contribution in [0.4, 0.5) is 17.1 Å². The number of benzene rings is 2. The number of nitro groups is 1. The summed E-state index contributed by atoms with van der Waals surface area (Å²) in [7, 11) is 2.12. The molecule has 0 saturated carbocycles. The zero-order chi connectivity index (χ0) is 19.4. The summed E-state index contributed by atoms with van der Waals surface area (Å²) in [5, 5.41) is 14.7. The molecule has 2 aromatic carbocycles. The molecule has 0 atom stereocenters. The standard InChI is InChI=1S/C21H28N4O2/c1-16-4-5-18(14-17(16)2)8-9-22-20-15-19(6-7-21(20)25(26)27)24-12-10-23(3)11-13-24/h4-7,14-15,22H,8-13H2,1-3H3. The number of hydrogen-bond acceptors (Lipinski definition) is 5. The SMILES string of the molecule is Cc1ccc(CCNc2cc(N3CCN(C)CC3)ccc2[N+](=O)[O-])cc1C. The Balaban J connectivity index is 1.71. The predicted molar refractivity (Wildman–Crippen MR) is 111 cm³/mol. The highest BCUT2D eigenvalue weighted by atomic mass is 16.6. The second-order valence-electron chi connectivity index (χ2n) is 7.34. The van der Waals surface area contributed by atoms with Crippen LogP contribution in [-0.4, -0.2) is 49.6 Å². The van der Waals surface area contributed by atoms with Gasteiger partial charge in [-0.3, -0.25) is 10.1 Å². The lowest BCUT2D eigenvalue weighted by Gasteiger charge is -2.34. The molecular weight excluding hydrogens is 340 g/mol. The van der Waals surface area contributed by atoms with Gasteiger partial charge in [0.05, 0.1) is 4.92 Å². The minimum Gasteiger partial charge on any atom is -0.379 e. The van der Waals surface area contributed by atoms with Crippen LogP contribution in [0.5, 0.6) is 0 Å². The molecule has 0 unspecified atom stereocenters. The van der Waals surface area contributed by atoms with Crippen molar-refractivity contribution < 1.29 is 4.92 Å². The number of nitro benzene ring substituents is 1. The van der Waals surface area contributed by atoms with Gasteiger partial charge in [-0.15, -0.1) is 0 Å². The third kappa shape index (κ3) is 4.77. The van der Waals surface area contributed by atoms with E-state index in [-0.39, 0.29) is 10.6 Å². The van der Waals surface area contributed by atoms with Gasteiger partial charge in [0.2, 0.25) is 0 Å². The van der Waals surface area contributed by atoms with E-state index in [0.29, 0.717) is 12.2 Å². The number of nitrogens with one attached hydrogen (secondary N) is 1. The van der Waals surface area contributed by atoms with E-state index in [1.54, 1.807) is 6.07 Å². The van der Waals surface area contributed by atoms with E-state index in [4.69, 9.17) is 0 Å². The maximum absolute atomic E-state index is 11.4. The molecule has 1 aliphatic heterocycles. The number of aryl methyl sites for hydroxylation is 2. The van der Waals surface area contributed by atoms with Crippen LogP contribution < -0.4 is 10.2 Å². The van der Waals surface area contributed by atoms with Crippen molar-refractivity contribution >= 4 is 17.1 Å². The summed E-state index contributed by atoms with van der Waals surface area (Å²) in [5.41, 5.74) is 5.57. The highest BCUT2D eigenvalue weighted by Gasteiger charge is 2.19. The lowest BCUT2D eigenvalue weighted by atomic mass is 10.0. The first-order valence-corrected chi connectivity index (χ1v) is 9.46. The van der Waals surface area contributed by atoms with Gasteiger partial charge in [-0.1, -0.05) is 18.2 Å². The summed E-state index contributed by atoms with van der Waals surface area (Å²) in [4.78, 5) is 15.7. The summed E-state index contributed by atoms with van der Waals surface area (Å²) >= 11 is 0. The van der Waals surface area contributed by atoms with Crippen LogP contribution in [0.2, 0.25) is 0 Å². The smallest absolute Gasteiger partial charge is 0.292 e. The quantitative estimate of drug-likeness (QED) is 0.623. The molecule has 0 bridgehead atoms. The molecule has 6 heteroatoms. The normalized spacial score (nSPS) is 15.0. The van der Waals surface area contributed by atoms with Gasteiger partial charge in [-0.05, 0) is 56.1 Å². The Hall–Kier alpha value is -2.60. The van der Waals surface area contributed by atoms with Gasteiger partial charge in [-0.25, -0.2) is 0 Å². The number of rotatable bonds is 6. The van der Waals surface area contributed by atoms with Crippen molar-refractivity contribution in [1.82, 2.24) is 4.90 Å². The molecule has 6 nitrogen and oxygen atoms in total. The van der Waals surface area contributed by atoms with Crippen LogP contribution in [-0.2, 0) is 6.42 Å². The number of hydrogen-bond donors (Lipinski definition) is 1. The fraction of sp³-hybridized carbons (Fsp3) is 0.429. The van der Waals surface area contributed by atoms with Gasteiger partial charge in [-0.2, -0.15) is 0 Å². The lowest BCUT2D eigenvalue weighted by molar-refractivity contribution is -0.383. The van der Waals surface area contributed by atoms with Gasteiger partial charge in [0.15, 0.2) is 0 Å². The van der Waals surface area contributed by atoms with Gasteiger partial charge < -0.3 is 15.1 Å². The molecule has 1 N–H and O–H groups in total. The van der Waals surface area contributed by atoms with Gasteiger partial charge in [0.25, 0.3) is 5.69 Å². The number of nitrogens with zero attached hydrogens (tertiary/aromatic N) is 3. The molecule has 0 aliphatic carbocycles. The first-order valence-electron chi connectivity index (χ1n) is 9.46. The molecule has 1 saturated heterocycles. The third-order valence-electron chi connectivity index (χ3n) is 5.35. The largest absolute Gasteiger partial charge is 0.379 e. The van der Waals surface area contributed by atoms with Crippen LogP contribution >= 0.6 is 0 Å². The van der Waals surface area contributed by atoms with Crippen molar-refractivity contribution in [2.45, 2.75) is 20.3 Å². The average Bonchev–Trinajstić information content (AvgIpc) is 2.65. The summed E-state index contributed by atoms with van der Waals surface area (Å²) in [5.74, 6) is 0. The van der Waals surface area contributed by atoms with Crippen molar-refractivity contribution in [3.05, 3.63) is 63.2 Å². The first-order chi connectivity index (χ1) is 12.9. The monoisotopic (exact) mass is 368 g/mol. The molecule has 144 valence electrons. The van der Waals surface area contributed by atoms with Crippen LogP contribution in [0, 0.1) is 24.0 Å². The minimum absolute atomic E-state index is 0.132. The molecule has 0 amide bonds. The zero-order valence-electron chi connectivity index (χ0n) is 16.4. The topological polar surface area (TPSA) is 61.6 Å². The van der Waals surface area contributed by atoms with E-state index in [0.717, 1.165) is 38.3 Å². The molecule has 27 heavy (non-hydrogen) atoms. The van der Waals surface area contributed by atoms with Crippen molar-refractivity contribution in [2.75, 3.05) is 50.0 Å². The molecule has 0 radical (unpaired) electrons. The van der Waals surface area contributed by atoms with Gasteiger partial charge >= 0.3 is 0 Å². The Morgan fingerprint density at radius 2 is 1.78 bits per heavy atom. The Labute approximate surface area is 160 Å². The van der Waals surface area contributed by atoms with Crippen molar-refractivity contribution in [2.24, 2.45) is 0 Å². The fourth-order valence-electron chi connectivity index (χ4n) is 3.39. The van der Waals surface area contributed by atoms with E-state index in [1.807, 2.05) is 12.1 Å². The van der Waals surface area contributed by atoms with E-state index < -0.39 is 0 Å². The molecule has 1 heterocycles. The van der Waals surface area contributed by atoms with E-state index in [9.17, 15) is 10.1 Å². The molecule has 0 spiro atoms. The molecule has 1 fully saturated rings. The molecule has 3 rings (SSSR count). The maximum Gasteiger partial charge on any atom is 0.292 e. The Bertz CT molecular complexity index is 814. The fourth-order valence-corrected chi connectivity index (χ4v) is 3.39. The summed E-state index contributed by atoms with van der Waals surface area (Å²) in [6, 6.07) is 11.8. The molecule has 0 aromatic heterocycles. The maximum atomic E-state index is 11.4. The lowest BCUT2D eigenvalue weighted by Crippen LogP contribution is -2.44. The van der Waals surface area contributed by atoms with Gasteiger partial charge in [0, 0.05) is 44.5 Å². The molecular formula is C21H28N4O2. The highest BCUT2D eigenvalue weighted by molar-refractivity contribution is 5.69. The summed E-state index contributed by atoms with van der Waals surface area (Å²) < 4.78 is 0.